The maximum atomic E-state index is 13.4. The first-order chi connectivity index (χ1) is 17.4. The van der Waals surface area contributed by atoms with E-state index >= 15 is 0 Å². The minimum atomic E-state index is -0.404. The van der Waals surface area contributed by atoms with E-state index in [-0.39, 0.29) is 11.0 Å². The SMILES string of the molecule is COC(=O)c1c(NC(=S)NC(=O)c2cc(-c3ccc(Cl)cc3)nc3ccccc23)sc2c1CCCC2. The number of aryl methyl sites for hydroxylation is 1. The van der Waals surface area contributed by atoms with Gasteiger partial charge < -0.3 is 10.1 Å². The maximum Gasteiger partial charge on any atom is 0.341 e. The van der Waals surface area contributed by atoms with Crippen LogP contribution in [0.25, 0.3) is 22.2 Å². The number of carbonyl (C=O) groups excluding carboxylic acids is 2. The zero-order chi connectivity index (χ0) is 25.2. The van der Waals surface area contributed by atoms with Crippen LogP contribution >= 0.6 is 35.2 Å². The molecule has 9 heteroatoms. The fourth-order valence-electron chi connectivity index (χ4n) is 4.41. The van der Waals surface area contributed by atoms with Gasteiger partial charge in [0.05, 0.1) is 29.4 Å². The number of rotatable bonds is 4. The molecule has 0 bridgehead atoms. The Morgan fingerprint density at radius 2 is 1.83 bits per heavy atom. The van der Waals surface area contributed by atoms with E-state index in [2.05, 4.69) is 10.6 Å². The van der Waals surface area contributed by atoms with Gasteiger partial charge in [-0.2, -0.15) is 0 Å². The Morgan fingerprint density at radius 3 is 2.61 bits per heavy atom. The number of hydrogen-bond donors (Lipinski definition) is 2. The van der Waals surface area contributed by atoms with Crippen molar-refractivity contribution >= 4 is 68.0 Å². The van der Waals surface area contributed by atoms with Crippen molar-refractivity contribution < 1.29 is 14.3 Å². The van der Waals surface area contributed by atoms with Crippen molar-refractivity contribution in [1.29, 1.82) is 0 Å². The first kappa shape index (κ1) is 24.4. The largest absolute Gasteiger partial charge is 0.465 e. The number of benzene rings is 2. The highest BCUT2D eigenvalue weighted by Crippen LogP contribution is 2.38. The zero-order valence-electron chi connectivity index (χ0n) is 19.4. The molecule has 5 rings (SSSR count). The Morgan fingerprint density at radius 1 is 1.08 bits per heavy atom. The van der Waals surface area contributed by atoms with E-state index in [1.807, 2.05) is 36.4 Å². The van der Waals surface area contributed by atoms with E-state index in [0.29, 0.717) is 37.7 Å². The molecule has 2 aromatic heterocycles. The Kier molecular flexibility index (Phi) is 7.00. The summed E-state index contributed by atoms with van der Waals surface area (Å²) in [4.78, 5) is 31.8. The van der Waals surface area contributed by atoms with Gasteiger partial charge in [0.2, 0.25) is 0 Å². The van der Waals surface area contributed by atoms with Gasteiger partial charge in [0.25, 0.3) is 5.91 Å². The van der Waals surface area contributed by atoms with E-state index < -0.39 is 5.97 Å². The number of anilines is 1. The number of thiocarbonyl (C=S) groups is 1. The van der Waals surface area contributed by atoms with Crippen LogP contribution in [0, 0.1) is 0 Å². The standard InChI is InChI=1S/C27H22ClN3O3S2/c1-34-26(33)23-18-7-3-5-9-22(18)36-25(23)31-27(35)30-24(32)19-14-21(15-10-12-16(28)13-11-15)29-20-8-4-2-6-17(19)20/h2,4,6,8,10-14H,3,5,7,9H2,1H3,(H2,30,31,32,35). The molecule has 2 heterocycles. The number of amides is 1. The lowest BCUT2D eigenvalue weighted by Gasteiger charge is -2.13. The van der Waals surface area contributed by atoms with Crippen LogP contribution in [-0.2, 0) is 17.6 Å². The Labute approximate surface area is 222 Å². The number of aromatic nitrogens is 1. The van der Waals surface area contributed by atoms with Gasteiger partial charge in [-0.25, -0.2) is 9.78 Å². The molecule has 0 aliphatic heterocycles. The van der Waals surface area contributed by atoms with Crippen LogP contribution < -0.4 is 10.6 Å². The van der Waals surface area contributed by atoms with E-state index in [1.54, 1.807) is 18.2 Å². The van der Waals surface area contributed by atoms with Crippen LogP contribution in [0.3, 0.4) is 0 Å². The average molecular weight is 536 g/mol. The molecule has 1 amide bonds. The lowest BCUT2D eigenvalue weighted by molar-refractivity contribution is 0.0601. The van der Waals surface area contributed by atoms with Crippen molar-refractivity contribution in [2.24, 2.45) is 0 Å². The monoisotopic (exact) mass is 535 g/mol. The fraction of sp³-hybridized carbons (Fsp3) is 0.185. The number of methoxy groups -OCH3 is 1. The molecule has 182 valence electrons. The molecule has 1 aliphatic rings. The van der Waals surface area contributed by atoms with Gasteiger partial charge in [0.1, 0.15) is 5.00 Å². The van der Waals surface area contributed by atoms with Crippen molar-refractivity contribution in [3.63, 3.8) is 0 Å². The Balaban J connectivity index is 1.44. The van der Waals surface area contributed by atoms with Crippen molar-refractivity contribution in [3.05, 3.63) is 81.2 Å². The normalized spacial score (nSPS) is 12.6. The summed E-state index contributed by atoms with van der Waals surface area (Å²) in [6.07, 6.45) is 3.86. The Bertz CT molecular complexity index is 1500. The highest BCUT2D eigenvalue weighted by molar-refractivity contribution is 7.80. The average Bonchev–Trinajstić information content (AvgIpc) is 3.25. The number of nitrogens with zero attached hydrogens (tertiary/aromatic N) is 1. The molecule has 0 spiro atoms. The molecule has 1 aliphatic carbocycles. The molecule has 2 aromatic carbocycles. The second-order valence-corrected chi connectivity index (χ2v) is 10.3. The van der Waals surface area contributed by atoms with E-state index in [0.717, 1.165) is 41.7 Å². The number of nitrogens with one attached hydrogen (secondary N) is 2. The molecule has 0 radical (unpaired) electrons. The van der Waals surface area contributed by atoms with E-state index in [4.69, 9.17) is 33.5 Å². The summed E-state index contributed by atoms with van der Waals surface area (Å²) < 4.78 is 5.03. The minimum Gasteiger partial charge on any atom is -0.465 e. The molecule has 2 N–H and O–H groups in total. The molecule has 6 nitrogen and oxygen atoms in total. The predicted octanol–water partition coefficient (Wildman–Crippen LogP) is 6.41. The van der Waals surface area contributed by atoms with Gasteiger partial charge in [-0.15, -0.1) is 11.3 Å². The number of thiophene rings is 1. The van der Waals surface area contributed by atoms with Gasteiger partial charge in [-0.3, -0.25) is 10.1 Å². The first-order valence-electron chi connectivity index (χ1n) is 11.5. The summed E-state index contributed by atoms with van der Waals surface area (Å²) in [6, 6.07) is 16.5. The Hall–Kier alpha value is -3.33. The summed E-state index contributed by atoms with van der Waals surface area (Å²) in [7, 11) is 1.37. The number of carbonyl (C=O) groups is 2. The number of halogens is 1. The van der Waals surface area contributed by atoms with Crippen LogP contribution in [0.2, 0.25) is 5.02 Å². The molecule has 0 fully saturated rings. The van der Waals surface area contributed by atoms with Gasteiger partial charge >= 0.3 is 5.97 Å². The number of para-hydroxylation sites is 1. The molecule has 0 saturated carbocycles. The highest BCUT2D eigenvalue weighted by atomic mass is 35.5. The minimum absolute atomic E-state index is 0.109. The third-order valence-electron chi connectivity index (χ3n) is 6.12. The second kappa shape index (κ2) is 10.3. The summed E-state index contributed by atoms with van der Waals surface area (Å²) in [6.45, 7) is 0. The zero-order valence-corrected chi connectivity index (χ0v) is 21.8. The smallest absolute Gasteiger partial charge is 0.341 e. The van der Waals surface area contributed by atoms with Crippen LogP contribution in [0.1, 0.15) is 44.0 Å². The third-order valence-corrected chi connectivity index (χ3v) is 7.78. The number of fused-ring (bicyclic) bond motifs is 2. The quantitative estimate of drug-likeness (QED) is 0.232. The number of ether oxygens (including phenoxy) is 1. The molecular weight excluding hydrogens is 514 g/mol. The number of esters is 1. The van der Waals surface area contributed by atoms with Gasteiger partial charge in [0, 0.05) is 20.8 Å². The first-order valence-corrected chi connectivity index (χ1v) is 13.1. The predicted molar refractivity (Wildman–Crippen MR) is 148 cm³/mol. The molecular formula is C27H22ClN3O3S2. The highest BCUT2D eigenvalue weighted by Gasteiger charge is 2.27. The third kappa shape index (κ3) is 4.84. The van der Waals surface area contributed by atoms with Crippen LogP contribution in [0.5, 0.6) is 0 Å². The molecule has 0 atom stereocenters. The number of hydrogen-bond acceptors (Lipinski definition) is 6. The number of pyridine rings is 1. The van der Waals surface area contributed by atoms with Gasteiger partial charge in [0.15, 0.2) is 5.11 Å². The topological polar surface area (TPSA) is 80.3 Å². The maximum absolute atomic E-state index is 13.4. The summed E-state index contributed by atoms with van der Waals surface area (Å²) in [5.41, 5.74) is 4.14. The van der Waals surface area contributed by atoms with Crippen LogP contribution in [0.15, 0.2) is 54.6 Å². The second-order valence-electron chi connectivity index (χ2n) is 8.39. The van der Waals surface area contributed by atoms with Crippen molar-refractivity contribution in [2.45, 2.75) is 25.7 Å². The fourth-order valence-corrected chi connectivity index (χ4v) is 6.08. The lowest BCUT2D eigenvalue weighted by Crippen LogP contribution is -2.34. The van der Waals surface area contributed by atoms with Crippen LogP contribution in [0.4, 0.5) is 5.00 Å². The molecule has 0 unspecified atom stereocenters. The lowest BCUT2D eigenvalue weighted by atomic mass is 9.95. The summed E-state index contributed by atoms with van der Waals surface area (Å²) >= 11 is 13.0. The van der Waals surface area contributed by atoms with Crippen molar-refractivity contribution in [2.75, 3.05) is 12.4 Å². The van der Waals surface area contributed by atoms with E-state index in [1.165, 1.54) is 18.4 Å². The molecule has 4 aromatic rings. The van der Waals surface area contributed by atoms with E-state index in [9.17, 15) is 9.59 Å². The van der Waals surface area contributed by atoms with Crippen LogP contribution in [-0.4, -0.2) is 29.1 Å². The van der Waals surface area contributed by atoms with Crippen molar-refractivity contribution in [1.82, 2.24) is 10.3 Å². The molecule has 0 saturated heterocycles. The molecule has 36 heavy (non-hydrogen) atoms. The summed E-state index contributed by atoms with van der Waals surface area (Å²) in [5, 5.41) is 7.88. The van der Waals surface area contributed by atoms with Crippen molar-refractivity contribution in [3.8, 4) is 11.3 Å². The van der Waals surface area contributed by atoms with Gasteiger partial charge in [-0.05, 0) is 67.7 Å². The summed E-state index contributed by atoms with van der Waals surface area (Å²) in [5.74, 6) is -0.777. The van der Waals surface area contributed by atoms with Gasteiger partial charge in [-0.1, -0.05) is 41.9 Å².